The van der Waals surface area contributed by atoms with Crippen molar-refractivity contribution >= 4 is 16.0 Å². The number of hydrogen-bond acceptors (Lipinski definition) is 10. The van der Waals surface area contributed by atoms with Crippen LogP contribution >= 0.6 is 0 Å². The van der Waals surface area contributed by atoms with Crippen LogP contribution in [0.5, 0.6) is 11.5 Å². The average molecular weight is 561 g/mol. The standard InChI is InChI=1S/C26H36N6O6S/c1-16(2)38-24(19-15-27-17(3)14-28-19)18(4)39(33,34)31-26-30-29-25(22-10-7-8-13-37-22)32(26)23-20(35-5)11-9-12-21(23)36-6/h9,11-12,14-16,18,22,24H,7-8,10,13H2,1-6H3,(H,30,31)/t18?,22-,24?/m1/s1. The second-order valence-electron chi connectivity index (χ2n) is 9.62. The van der Waals surface area contributed by atoms with Gasteiger partial charge in [0, 0.05) is 12.8 Å². The third-order valence-corrected chi connectivity index (χ3v) is 8.13. The summed E-state index contributed by atoms with van der Waals surface area (Å²) in [6.07, 6.45) is 4.21. The average Bonchev–Trinajstić information content (AvgIpc) is 3.33. The van der Waals surface area contributed by atoms with E-state index in [1.165, 1.54) is 20.4 Å². The number of aromatic nitrogens is 5. The Morgan fingerprint density at radius 2 is 1.77 bits per heavy atom. The molecule has 1 saturated heterocycles. The lowest BCUT2D eigenvalue weighted by molar-refractivity contribution is 0.00392. The molecule has 0 aliphatic carbocycles. The van der Waals surface area contributed by atoms with Gasteiger partial charge in [0.25, 0.3) is 0 Å². The van der Waals surface area contributed by atoms with Crippen molar-refractivity contribution in [3.8, 4) is 17.2 Å². The van der Waals surface area contributed by atoms with Crippen molar-refractivity contribution in [3.05, 3.63) is 47.8 Å². The Morgan fingerprint density at radius 1 is 1.05 bits per heavy atom. The first kappa shape index (κ1) is 28.7. The Bertz CT molecular complexity index is 1330. The molecule has 4 rings (SSSR count). The van der Waals surface area contributed by atoms with Crippen LogP contribution in [0.3, 0.4) is 0 Å². The lowest BCUT2D eigenvalue weighted by atomic mass is 10.1. The first-order chi connectivity index (χ1) is 18.7. The van der Waals surface area contributed by atoms with Gasteiger partial charge in [-0.1, -0.05) is 6.07 Å². The van der Waals surface area contributed by atoms with Gasteiger partial charge in [-0.15, -0.1) is 10.2 Å². The van der Waals surface area contributed by atoms with Crippen LogP contribution in [0, 0.1) is 6.92 Å². The molecule has 2 unspecified atom stereocenters. The van der Waals surface area contributed by atoms with Crippen LogP contribution in [0.25, 0.3) is 5.69 Å². The normalized spacial score (nSPS) is 17.6. The zero-order chi connectivity index (χ0) is 28.2. The molecule has 0 amide bonds. The summed E-state index contributed by atoms with van der Waals surface area (Å²) in [6.45, 7) is 7.62. The van der Waals surface area contributed by atoms with Gasteiger partial charge in [0.05, 0.1) is 37.9 Å². The van der Waals surface area contributed by atoms with E-state index in [1.807, 2.05) is 20.8 Å². The summed E-state index contributed by atoms with van der Waals surface area (Å²) in [5.41, 5.74) is 1.59. The molecule has 3 atom stereocenters. The maximum absolute atomic E-state index is 13.8. The molecule has 1 aliphatic rings. The van der Waals surface area contributed by atoms with Gasteiger partial charge >= 0.3 is 0 Å². The molecule has 1 aromatic carbocycles. The number of para-hydroxylation sites is 1. The predicted molar refractivity (Wildman–Crippen MR) is 145 cm³/mol. The van der Waals surface area contributed by atoms with Gasteiger partial charge in [-0.3, -0.25) is 19.3 Å². The van der Waals surface area contributed by atoms with Gasteiger partial charge in [-0.25, -0.2) is 8.42 Å². The Balaban J connectivity index is 1.79. The van der Waals surface area contributed by atoms with Crippen LogP contribution < -0.4 is 14.2 Å². The zero-order valence-corrected chi connectivity index (χ0v) is 23.9. The molecule has 1 N–H and O–H groups in total. The molecule has 3 heterocycles. The molecule has 2 aromatic heterocycles. The molecule has 12 nitrogen and oxygen atoms in total. The molecule has 0 radical (unpaired) electrons. The van der Waals surface area contributed by atoms with E-state index in [4.69, 9.17) is 18.9 Å². The number of benzene rings is 1. The summed E-state index contributed by atoms with van der Waals surface area (Å²) in [6, 6.07) is 5.30. The maximum atomic E-state index is 13.8. The molecule has 39 heavy (non-hydrogen) atoms. The van der Waals surface area contributed by atoms with Crippen LogP contribution in [-0.2, 0) is 19.5 Å². The van der Waals surface area contributed by atoms with Gasteiger partial charge in [-0.2, -0.15) is 0 Å². The molecule has 1 aliphatic heterocycles. The van der Waals surface area contributed by atoms with Gasteiger partial charge in [0.15, 0.2) is 5.82 Å². The van der Waals surface area contributed by atoms with E-state index in [-0.39, 0.29) is 18.2 Å². The fourth-order valence-electron chi connectivity index (χ4n) is 4.43. The van der Waals surface area contributed by atoms with E-state index in [9.17, 15) is 8.42 Å². The number of sulfonamides is 1. The van der Waals surface area contributed by atoms with Gasteiger partial charge in [0.2, 0.25) is 16.0 Å². The highest BCUT2D eigenvalue weighted by atomic mass is 32.2. The second-order valence-corrected chi connectivity index (χ2v) is 11.7. The van der Waals surface area contributed by atoms with Crippen molar-refractivity contribution in [3.63, 3.8) is 0 Å². The lowest BCUT2D eigenvalue weighted by Gasteiger charge is -2.27. The molecule has 1 fully saturated rings. The molecule has 13 heteroatoms. The first-order valence-electron chi connectivity index (χ1n) is 12.9. The van der Waals surface area contributed by atoms with Crippen molar-refractivity contribution in [2.45, 2.75) is 70.5 Å². The van der Waals surface area contributed by atoms with Crippen molar-refractivity contribution in [2.75, 3.05) is 25.5 Å². The van der Waals surface area contributed by atoms with Gasteiger partial charge in [0.1, 0.15) is 34.6 Å². The van der Waals surface area contributed by atoms with E-state index in [1.54, 1.807) is 35.9 Å². The number of nitrogens with zero attached hydrogens (tertiary/aromatic N) is 5. The summed E-state index contributed by atoms with van der Waals surface area (Å²) in [5, 5.41) is 7.56. The van der Waals surface area contributed by atoms with Crippen molar-refractivity contribution < 1.29 is 27.4 Å². The topological polar surface area (TPSA) is 140 Å². The Labute approximate surface area is 229 Å². The van der Waals surface area contributed by atoms with E-state index >= 15 is 0 Å². The molecular formula is C26H36N6O6S. The smallest absolute Gasteiger partial charge is 0.243 e. The fourth-order valence-corrected chi connectivity index (χ4v) is 5.54. The number of methoxy groups -OCH3 is 2. The number of anilines is 1. The van der Waals surface area contributed by atoms with Crippen molar-refractivity contribution in [1.29, 1.82) is 0 Å². The monoisotopic (exact) mass is 560 g/mol. The van der Waals surface area contributed by atoms with Crippen LogP contribution in [-0.4, -0.2) is 65.3 Å². The predicted octanol–water partition coefficient (Wildman–Crippen LogP) is 3.92. The van der Waals surface area contributed by atoms with Gasteiger partial charge < -0.3 is 18.9 Å². The van der Waals surface area contributed by atoms with E-state index in [0.717, 1.165) is 19.3 Å². The lowest BCUT2D eigenvalue weighted by Crippen LogP contribution is -2.34. The maximum Gasteiger partial charge on any atom is 0.243 e. The molecular weight excluding hydrogens is 524 g/mol. The highest BCUT2D eigenvalue weighted by Crippen LogP contribution is 2.39. The summed E-state index contributed by atoms with van der Waals surface area (Å²) in [7, 11) is -1.03. The number of ether oxygens (including phenoxy) is 4. The molecule has 0 saturated carbocycles. The summed E-state index contributed by atoms with van der Waals surface area (Å²) < 4.78 is 55.2. The highest BCUT2D eigenvalue weighted by molar-refractivity contribution is 7.93. The zero-order valence-electron chi connectivity index (χ0n) is 23.1. The van der Waals surface area contributed by atoms with Crippen LogP contribution in [0.4, 0.5) is 5.95 Å². The molecule has 3 aromatic rings. The Hall–Kier alpha value is -3.29. The third kappa shape index (κ3) is 6.31. The largest absolute Gasteiger partial charge is 0.494 e. The Morgan fingerprint density at radius 3 is 2.33 bits per heavy atom. The van der Waals surface area contributed by atoms with E-state index in [0.29, 0.717) is 41.0 Å². The second kappa shape index (κ2) is 12.3. The Kier molecular flexibility index (Phi) is 9.03. The SMILES string of the molecule is COc1cccc(OC)c1-n1c(NS(=O)(=O)C(C)C(OC(C)C)c2cnc(C)cn2)nnc1[C@H]1CCCCO1. The number of aryl methyl sites for hydroxylation is 1. The van der Waals surface area contributed by atoms with E-state index in [2.05, 4.69) is 24.9 Å². The van der Waals surface area contributed by atoms with E-state index < -0.39 is 21.4 Å². The third-order valence-electron chi connectivity index (χ3n) is 6.44. The number of rotatable bonds is 11. The van der Waals surface area contributed by atoms with Gasteiger partial charge in [-0.05, 0) is 59.1 Å². The number of hydrogen-bond donors (Lipinski definition) is 1. The first-order valence-corrected chi connectivity index (χ1v) is 14.4. The molecule has 0 bridgehead atoms. The van der Waals surface area contributed by atoms with Crippen LogP contribution in [0.15, 0.2) is 30.6 Å². The minimum Gasteiger partial charge on any atom is -0.494 e. The quantitative estimate of drug-likeness (QED) is 0.367. The molecule has 212 valence electrons. The fraction of sp³-hybridized carbons (Fsp3) is 0.538. The highest BCUT2D eigenvalue weighted by Gasteiger charge is 2.36. The summed E-state index contributed by atoms with van der Waals surface area (Å²) in [5.74, 6) is 1.33. The minimum atomic E-state index is -4.09. The molecule has 0 spiro atoms. The van der Waals surface area contributed by atoms with Crippen molar-refractivity contribution in [2.24, 2.45) is 0 Å². The van der Waals surface area contributed by atoms with Crippen LogP contribution in [0.1, 0.15) is 69.5 Å². The van der Waals surface area contributed by atoms with Crippen LogP contribution in [0.2, 0.25) is 0 Å². The summed E-state index contributed by atoms with van der Waals surface area (Å²) >= 11 is 0. The van der Waals surface area contributed by atoms with Crippen molar-refractivity contribution in [1.82, 2.24) is 24.7 Å². The summed E-state index contributed by atoms with van der Waals surface area (Å²) in [4.78, 5) is 8.66. The minimum absolute atomic E-state index is 0.0212. The number of nitrogens with one attached hydrogen (secondary N) is 1.